The van der Waals surface area contributed by atoms with Gasteiger partial charge in [-0.3, -0.25) is 9.36 Å². The zero-order valence-corrected chi connectivity index (χ0v) is 19.5. The molecule has 7 nitrogen and oxygen atoms in total. The molecule has 30 heavy (non-hydrogen) atoms. The van der Waals surface area contributed by atoms with Crippen LogP contribution >= 0.6 is 11.8 Å². The Morgan fingerprint density at radius 3 is 2.70 bits per heavy atom. The average molecular weight is 432 g/mol. The summed E-state index contributed by atoms with van der Waals surface area (Å²) >= 11 is 1.45. The number of hydrogen-bond acceptors (Lipinski definition) is 6. The molecule has 0 aliphatic carbocycles. The number of aryl methyl sites for hydroxylation is 1. The van der Waals surface area contributed by atoms with Crippen LogP contribution in [0.2, 0.25) is 0 Å². The highest BCUT2D eigenvalue weighted by molar-refractivity contribution is 7.99. The van der Waals surface area contributed by atoms with E-state index in [1.165, 1.54) is 11.8 Å². The first-order chi connectivity index (χ1) is 14.4. The van der Waals surface area contributed by atoms with E-state index in [0.717, 1.165) is 54.9 Å². The van der Waals surface area contributed by atoms with Crippen molar-refractivity contribution in [3.8, 4) is 11.4 Å². The maximum atomic E-state index is 13.2. The summed E-state index contributed by atoms with van der Waals surface area (Å²) in [7, 11) is 3.80. The molecule has 2 heterocycles. The van der Waals surface area contributed by atoms with Crippen LogP contribution in [0, 0.1) is 12.8 Å². The quantitative estimate of drug-likeness (QED) is 0.598. The average Bonchev–Trinajstić information content (AvgIpc) is 3.11. The first-order valence-electron chi connectivity index (χ1n) is 10.6. The van der Waals surface area contributed by atoms with Crippen LogP contribution in [0.15, 0.2) is 29.4 Å². The van der Waals surface area contributed by atoms with Crippen molar-refractivity contribution in [1.29, 1.82) is 0 Å². The monoisotopic (exact) mass is 431 g/mol. The Hall–Kier alpha value is -2.06. The molecule has 1 amide bonds. The SMILES string of the molecule is COc1cccc(-n2c(C)nnc2SCC(=O)N(CC(C)C)C2CCN(C)CC2)c1. The van der Waals surface area contributed by atoms with Crippen molar-refractivity contribution in [2.24, 2.45) is 5.92 Å². The number of carbonyl (C=O) groups is 1. The number of piperidine rings is 1. The molecule has 0 atom stereocenters. The minimum absolute atomic E-state index is 0.182. The molecular formula is C22H33N5O2S. The molecule has 1 fully saturated rings. The van der Waals surface area contributed by atoms with Crippen molar-refractivity contribution >= 4 is 17.7 Å². The van der Waals surface area contributed by atoms with Gasteiger partial charge in [0, 0.05) is 18.7 Å². The molecule has 1 aliphatic rings. The minimum Gasteiger partial charge on any atom is -0.497 e. The highest BCUT2D eigenvalue weighted by atomic mass is 32.2. The first kappa shape index (κ1) is 22.6. The summed E-state index contributed by atoms with van der Waals surface area (Å²) in [5.41, 5.74) is 0.932. The van der Waals surface area contributed by atoms with Gasteiger partial charge in [0.15, 0.2) is 5.16 Å². The fraction of sp³-hybridized carbons (Fsp3) is 0.591. The first-order valence-corrected chi connectivity index (χ1v) is 11.5. The highest BCUT2D eigenvalue weighted by Gasteiger charge is 2.28. The van der Waals surface area contributed by atoms with Crippen molar-refractivity contribution in [3.05, 3.63) is 30.1 Å². The third-order valence-electron chi connectivity index (χ3n) is 5.44. The molecular weight excluding hydrogens is 398 g/mol. The number of aromatic nitrogens is 3. The van der Waals surface area contributed by atoms with Crippen LogP contribution < -0.4 is 4.74 Å². The Bertz CT molecular complexity index is 846. The Morgan fingerprint density at radius 1 is 1.30 bits per heavy atom. The van der Waals surface area contributed by atoms with Gasteiger partial charge < -0.3 is 14.5 Å². The topological polar surface area (TPSA) is 63.5 Å². The number of amides is 1. The molecule has 1 saturated heterocycles. The normalized spacial score (nSPS) is 15.5. The smallest absolute Gasteiger partial charge is 0.233 e. The number of benzene rings is 1. The van der Waals surface area contributed by atoms with Crippen molar-refractivity contribution in [3.63, 3.8) is 0 Å². The second-order valence-corrected chi connectivity index (χ2v) is 9.27. The summed E-state index contributed by atoms with van der Waals surface area (Å²) in [4.78, 5) is 17.6. The van der Waals surface area contributed by atoms with E-state index in [1.807, 2.05) is 35.8 Å². The number of thioether (sulfide) groups is 1. The summed E-state index contributed by atoms with van der Waals surface area (Å²) in [5.74, 6) is 2.55. The third kappa shape index (κ3) is 5.55. The number of carbonyl (C=O) groups excluding carboxylic acids is 1. The fourth-order valence-corrected chi connectivity index (χ4v) is 4.73. The summed E-state index contributed by atoms with van der Waals surface area (Å²) in [6.07, 6.45) is 2.08. The number of ether oxygens (including phenoxy) is 1. The molecule has 0 saturated carbocycles. The summed E-state index contributed by atoms with van der Waals surface area (Å²) in [5, 5.41) is 9.28. The largest absolute Gasteiger partial charge is 0.497 e. The molecule has 8 heteroatoms. The van der Waals surface area contributed by atoms with Crippen LogP contribution in [0.5, 0.6) is 5.75 Å². The number of rotatable bonds is 8. The summed E-state index contributed by atoms with van der Waals surface area (Å²) in [6, 6.07) is 8.12. The molecule has 3 rings (SSSR count). The lowest BCUT2D eigenvalue weighted by molar-refractivity contribution is -0.132. The molecule has 0 N–H and O–H groups in total. The second-order valence-electron chi connectivity index (χ2n) is 8.33. The van der Waals surface area contributed by atoms with Crippen molar-refractivity contribution in [1.82, 2.24) is 24.6 Å². The Morgan fingerprint density at radius 2 is 2.03 bits per heavy atom. The lowest BCUT2D eigenvalue weighted by atomic mass is 10.0. The number of nitrogens with zero attached hydrogens (tertiary/aromatic N) is 5. The van der Waals surface area contributed by atoms with Crippen LogP contribution in [0.25, 0.3) is 5.69 Å². The zero-order valence-electron chi connectivity index (χ0n) is 18.7. The summed E-state index contributed by atoms with van der Waals surface area (Å²) < 4.78 is 7.32. The molecule has 0 radical (unpaired) electrons. The Labute approximate surface area is 183 Å². The van der Waals surface area contributed by atoms with Gasteiger partial charge in [0.25, 0.3) is 0 Å². The van der Waals surface area contributed by atoms with Gasteiger partial charge in [0.05, 0.1) is 18.6 Å². The lowest BCUT2D eigenvalue weighted by Gasteiger charge is -2.38. The number of methoxy groups -OCH3 is 1. The van der Waals surface area contributed by atoms with E-state index in [9.17, 15) is 4.79 Å². The molecule has 1 aliphatic heterocycles. The van der Waals surface area contributed by atoms with Gasteiger partial charge >= 0.3 is 0 Å². The highest BCUT2D eigenvalue weighted by Crippen LogP contribution is 2.26. The molecule has 164 valence electrons. The fourth-order valence-electron chi connectivity index (χ4n) is 3.85. The summed E-state index contributed by atoms with van der Waals surface area (Å²) in [6.45, 7) is 9.15. The van der Waals surface area contributed by atoms with E-state index in [0.29, 0.717) is 17.7 Å². The van der Waals surface area contributed by atoms with Crippen molar-refractivity contribution < 1.29 is 9.53 Å². The molecule has 1 aromatic heterocycles. The van der Waals surface area contributed by atoms with Gasteiger partial charge in [-0.1, -0.05) is 31.7 Å². The van der Waals surface area contributed by atoms with E-state index in [2.05, 4.69) is 40.9 Å². The van der Waals surface area contributed by atoms with Crippen LogP contribution in [0.3, 0.4) is 0 Å². The van der Waals surface area contributed by atoms with Gasteiger partial charge in [-0.15, -0.1) is 10.2 Å². The molecule has 0 unspecified atom stereocenters. The standard InChI is InChI=1S/C22H33N5O2S/c1-16(2)14-26(18-9-11-25(4)12-10-18)21(28)15-30-22-24-23-17(3)27(22)19-7-6-8-20(13-19)29-5/h6-8,13,16,18H,9-12,14-15H2,1-5H3. The predicted molar refractivity (Wildman–Crippen MR) is 120 cm³/mol. The van der Waals surface area contributed by atoms with Crippen LogP contribution in [0.4, 0.5) is 0 Å². The van der Waals surface area contributed by atoms with E-state index < -0.39 is 0 Å². The maximum Gasteiger partial charge on any atom is 0.233 e. The van der Waals surface area contributed by atoms with Gasteiger partial charge in [-0.2, -0.15) is 0 Å². The molecule has 2 aromatic rings. The lowest BCUT2D eigenvalue weighted by Crippen LogP contribution is -2.48. The predicted octanol–water partition coefficient (Wildman–Crippen LogP) is 3.26. The third-order valence-corrected chi connectivity index (χ3v) is 6.36. The minimum atomic E-state index is 0.182. The van der Waals surface area contributed by atoms with Crippen LogP contribution in [0.1, 0.15) is 32.5 Å². The Kier molecular flexibility index (Phi) is 7.77. The Balaban J connectivity index is 1.72. The van der Waals surface area contributed by atoms with E-state index >= 15 is 0 Å². The van der Waals surface area contributed by atoms with Gasteiger partial charge in [0.1, 0.15) is 11.6 Å². The van der Waals surface area contributed by atoms with Gasteiger partial charge in [-0.05, 0) is 58.0 Å². The molecule has 0 spiro atoms. The molecule has 0 bridgehead atoms. The van der Waals surface area contributed by atoms with E-state index in [1.54, 1.807) is 7.11 Å². The van der Waals surface area contributed by atoms with Crippen molar-refractivity contribution in [2.45, 2.75) is 44.8 Å². The zero-order chi connectivity index (χ0) is 21.7. The van der Waals surface area contributed by atoms with Crippen LogP contribution in [-0.2, 0) is 4.79 Å². The van der Waals surface area contributed by atoms with Gasteiger partial charge in [0.2, 0.25) is 5.91 Å². The number of likely N-dealkylation sites (tertiary alicyclic amines) is 1. The second kappa shape index (κ2) is 10.3. The molecule has 1 aromatic carbocycles. The number of hydrogen-bond donors (Lipinski definition) is 0. The van der Waals surface area contributed by atoms with Crippen molar-refractivity contribution in [2.75, 3.05) is 39.5 Å². The van der Waals surface area contributed by atoms with E-state index in [-0.39, 0.29) is 5.91 Å². The van der Waals surface area contributed by atoms with Gasteiger partial charge in [-0.25, -0.2) is 0 Å². The maximum absolute atomic E-state index is 13.2. The van der Waals surface area contributed by atoms with Crippen LogP contribution in [-0.4, -0.2) is 76.1 Å². The van der Waals surface area contributed by atoms with E-state index in [4.69, 9.17) is 4.74 Å².